The summed E-state index contributed by atoms with van der Waals surface area (Å²) in [6.07, 6.45) is 8.61. The highest BCUT2D eigenvalue weighted by atomic mass is 16.3. The zero-order valence-corrected chi connectivity index (χ0v) is 10.7. The van der Waals surface area contributed by atoms with Gasteiger partial charge in [0.2, 0.25) is 0 Å². The Morgan fingerprint density at radius 1 is 1.35 bits per heavy atom. The molecule has 1 aliphatic rings. The average molecular weight is 236 g/mol. The van der Waals surface area contributed by atoms with Crippen LogP contribution in [0.3, 0.4) is 0 Å². The molecule has 0 saturated heterocycles. The van der Waals surface area contributed by atoms with Crippen LogP contribution in [-0.4, -0.2) is 22.3 Å². The first-order valence-electron chi connectivity index (χ1n) is 6.81. The van der Waals surface area contributed by atoms with Crippen LogP contribution < -0.4 is 5.32 Å². The molecule has 1 saturated carbocycles. The monoisotopic (exact) mass is 236 g/mol. The maximum absolute atomic E-state index is 9.44. The molecule has 1 aliphatic carbocycles. The molecule has 0 spiro atoms. The van der Waals surface area contributed by atoms with Gasteiger partial charge in [0.1, 0.15) is 0 Å². The van der Waals surface area contributed by atoms with Crippen molar-refractivity contribution < 1.29 is 5.11 Å². The van der Waals surface area contributed by atoms with Crippen LogP contribution in [0.4, 0.5) is 0 Å². The minimum Gasteiger partial charge on any atom is -0.393 e. The summed E-state index contributed by atoms with van der Waals surface area (Å²) in [5.74, 6) is 0.756. The summed E-state index contributed by atoms with van der Waals surface area (Å²) in [6.45, 7) is 5.25. The van der Waals surface area contributed by atoms with Crippen molar-refractivity contribution in [3.63, 3.8) is 0 Å². The first-order chi connectivity index (χ1) is 8.28. The van der Waals surface area contributed by atoms with E-state index in [4.69, 9.17) is 0 Å². The summed E-state index contributed by atoms with van der Waals surface area (Å²) < 4.78 is 2.20. The van der Waals surface area contributed by atoms with Gasteiger partial charge in [0, 0.05) is 25.5 Å². The van der Waals surface area contributed by atoms with Crippen LogP contribution in [0, 0.1) is 5.92 Å². The van der Waals surface area contributed by atoms with Crippen LogP contribution in [0.1, 0.15) is 38.2 Å². The number of aryl methyl sites for hydroxylation is 1. The second kappa shape index (κ2) is 6.22. The summed E-state index contributed by atoms with van der Waals surface area (Å²) >= 11 is 0. The zero-order chi connectivity index (χ0) is 12.1. The van der Waals surface area contributed by atoms with Gasteiger partial charge in [-0.1, -0.05) is 0 Å². The maximum atomic E-state index is 9.44. The molecule has 1 fully saturated rings. The SMILES string of the molecule is CCn1ccc(CNCC2CCC(O)CC2)c1. The van der Waals surface area contributed by atoms with Crippen molar-refractivity contribution in [2.24, 2.45) is 5.92 Å². The molecule has 0 bridgehead atoms. The Labute approximate surface area is 104 Å². The van der Waals surface area contributed by atoms with Gasteiger partial charge in [-0.3, -0.25) is 0 Å². The Hall–Kier alpha value is -0.800. The molecule has 0 amide bonds. The van der Waals surface area contributed by atoms with E-state index < -0.39 is 0 Å². The lowest BCUT2D eigenvalue weighted by Crippen LogP contribution is -2.27. The van der Waals surface area contributed by atoms with Crippen LogP contribution in [0.25, 0.3) is 0 Å². The van der Waals surface area contributed by atoms with Crippen molar-refractivity contribution >= 4 is 0 Å². The minimum atomic E-state index is -0.0372. The topological polar surface area (TPSA) is 37.2 Å². The molecule has 1 aromatic heterocycles. The summed E-state index contributed by atoms with van der Waals surface area (Å²) in [5, 5.41) is 13.0. The van der Waals surface area contributed by atoms with E-state index in [2.05, 4.69) is 35.3 Å². The van der Waals surface area contributed by atoms with Crippen molar-refractivity contribution in [1.29, 1.82) is 0 Å². The van der Waals surface area contributed by atoms with Crippen molar-refractivity contribution in [3.8, 4) is 0 Å². The highest BCUT2D eigenvalue weighted by molar-refractivity contribution is 5.09. The Morgan fingerprint density at radius 3 is 2.76 bits per heavy atom. The van der Waals surface area contributed by atoms with E-state index in [0.29, 0.717) is 0 Å². The number of aliphatic hydroxyl groups excluding tert-OH is 1. The number of nitrogens with one attached hydrogen (secondary N) is 1. The van der Waals surface area contributed by atoms with Crippen LogP contribution in [0.2, 0.25) is 0 Å². The van der Waals surface area contributed by atoms with E-state index in [9.17, 15) is 5.11 Å². The van der Waals surface area contributed by atoms with E-state index in [1.165, 1.54) is 18.4 Å². The Bertz CT molecular complexity index is 327. The third kappa shape index (κ3) is 3.86. The lowest BCUT2D eigenvalue weighted by atomic mass is 9.87. The van der Waals surface area contributed by atoms with Gasteiger partial charge >= 0.3 is 0 Å². The van der Waals surface area contributed by atoms with Crippen molar-refractivity contribution in [2.75, 3.05) is 6.54 Å². The summed E-state index contributed by atoms with van der Waals surface area (Å²) in [4.78, 5) is 0. The number of nitrogens with zero attached hydrogens (tertiary/aromatic N) is 1. The highest BCUT2D eigenvalue weighted by Crippen LogP contribution is 2.23. The fraction of sp³-hybridized carbons (Fsp3) is 0.714. The Morgan fingerprint density at radius 2 is 2.12 bits per heavy atom. The van der Waals surface area contributed by atoms with Crippen LogP contribution in [0.5, 0.6) is 0 Å². The highest BCUT2D eigenvalue weighted by Gasteiger charge is 2.18. The van der Waals surface area contributed by atoms with Crippen LogP contribution in [-0.2, 0) is 13.1 Å². The van der Waals surface area contributed by atoms with Crippen molar-refractivity contribution in [3.05, 3.63) is 24.0 Å². The number of aromatic nitrogens is 1. The molecule has 3 heteroatoms. The first kappa shape index (κ1) is 12.7. The smallest absolute Gasteiger partial charge is 0.0540 e. The van der Waals surface area contributed by atoms with Crippen LogP contribution >= 0.6 is 0 Å². The van der Waals surface area contributed by atoms with Gasteiger partial charge in [0.25, 0.3) is 0 Å². The summed E-state index contributed by atoms with van der Waals surface area (Å²) in [6, 6.07) is 2.18. The third-order valence-corrected chi connectivity index (χ3v) is 3.76. The van der Waals surface area contributed by atoms with E-state index in [1.54, 1.807) is 0 Å². The molecule has 0 unspecified atom stereocenters. The first-order valence-corrected chi connectivity index (χ1v) is 6.81. The molecule has 0 aliphatic heterocycles. The van der Waals surface area contributed by atoms with Crippen molar-refractivity contribution in [1.82, 2.24) is 9.88 Å². The molecule has 1 heterocycles. The third-order valence-electron chi connectivity index (χ3n) is 3.76. The van der Waals surface area contributed by atoms with Gasteiger partial charge in [-0.05, 0) is 56.7 Å². The lowest BCUT2D eigenvalue weighted by molar-refractivity contribution is 0.108. The molecule has 3 nitrogen and oxygen atoms in total. The van der Waals surface area contributed by atoms with Gasteiger partial charge in [0.15, 0.2) is 0 Å². The van der Waals surface area contributed by atoms with Gasteiger partial charge < -0.3 is 15.0 Å². The van der Waals surface area contributed by atoms with Gasteiger partial charge in [-0.25, -0.2) is 0 Å². The van der Waals surface area contributed by atoms with Crippen LogP contribution in [0.15, 0.2) is 18.5 Å². The zero-order valence-electron chi connectivity index (χ0n) is 10.7. The molecule has 96 valence electrons. The predicted octanol–water partition coefficient (Wildman–Crippen LogP) is 2.15. The molecule has 1 aromatic rings. The normalized spacial score (nSPS) is 25.1. The number of hydrogen-bond donors (Lipinski definition) is 2. The van der Waals surface area contributed by atoms with E-state index in [1.807, 2.05) is 0 Å². The van der Waals surface area contributed by atoms with Crippen molar-refractivity contribution in [2.45, 2.75) is 51.8 Å². The number of aliphatic hydroxyl groups is 1. The second-order valence-electron chi connectivity index (χ2n) is 5.16. The van der Waals surface area contributed by atoms with E-state index in [0.717, 1.165) is 38.4 Å². The van der Waals surface area contributed by atoms with E-state index >= 15 is 0 Å². The predicted molar refractivity (Wildman–Crippen MR) is 69.8 cm³/mol. The Balaban J connectivity index is 1.65. The molecule has 17 heavy (non-hydrogen) atoms. The fourth-order valence-electron chi connectivity index (χ4n) is 2.56. The molecule has 0 radical (unpaired) electrons. The minimum absolute atomic E-state index is 0.0372. The Kier molecular flexibility index (Phi) is 4.63. The maximum Gasteiger partial charge on any atom is 0.0540 e. The summed E-state index contributed by atoms with van der Waals surface area (Å²) in [5.41, 5.74) is 1.36. The standard InChI is InChI=1S/C14H24N2O/c1-2-16-8-7-13(11-16)10-15-9-12-3-5-14(17)6-4-12/h7-8,11-12,14-15,17H,2-6,9-10H2,1H3. The van der Waals surface area contributed by atoms with E-state index in [-0.39, 0.29) is 6.10 Å². The largest absolute Gasteiger partial charge is 0.393 e. The summed E-state index contributed by atoms with van der Waals surface area (Å²) in [7, 11) is 0. The number of rotatable bonds is 5. The molecular formula is C14H24N2O. The molecule has 0 aromatic carbocycles. The quantitative estimate of drug-likeness (QED) is 0.822. The molecule has 2 N–H and O–H groups in total. The molecule has 2 rings (SSSR count). The van der Waals surface area contributed by atoms with Gasteiger partial charge in [0.05, 0.1) is 6.10 Å². The second-order valence-corrected chi connectivity index (χ2v) is 5.16. The number of hydrogen-bond acceptors (Lipinski definition) is 2. The average Bonchev–Trinajstić information content (AvgIpc) is 2.80. The van der Waals surface area contributed by atoms with Gasteiger partial charge in [-0.2, -0.15) is 0 Å². The van der Waals surface area contributed by atoms with Gasteiger partial charge in [-0.15, -0.1) is 0 Å². The fourth-order valence-corrected chi connectivity index (χ4v) is 2.56. The molecular weight excluding hydrogens is 212 g/mol. The lowest BCUT2D eigenvalue weighted by Gasteiger charge is -2.25. The molecule has 0 atom stereocenters.